The number of amides is 1. The Morgan fingerprint density at radius 3 is 2.56 bits per heavy atom. The highest BCUT2D eigenvalue weighted by Crippen LogP contribution is 2.30. The highest BCUT2D eigenvalue weighted by molar-refractivity contribution is 7.99. The number of hydrogen-bond donors (Lipinski definition) is 0. The minimum atomic E-state index is -0.0737. The number of carbonyl (C=O) groups is 1. The molecule has 5 nitrogen and oxygen atoms in total. The van der Waals surface area contributed by atoms with Gasteiger partial charge in [0.15, 0.2) is 5.16 Å². The fraction of sp³-hybridized carbons (Fsp3) is 0.350. The molecular formula is C20H23N3O2S2. The van der Waals surface area contributed by atoms with Crippen LogP contribution >= 0.6 is 23.1 Å². The number of rotatable bonds is 4. The molecule has 0 atom stereocenters. The fourth-order valence-electron chi connectivity index (χ4n) is 2.82. The second kappa shape index (κ2) is 7.48. The summed E-state index contributed by atoms with van der Waals surface area (Å²) < 4.78 is 1.66. The van der Waals surface area contributed by atoms with Crippen molar-refractivity contribution >= 4 is 39.2 Å². The first-order chi connectivity index (χ1) is 12.7. The molecule has 0 aliphatic carbocycles. The van der Waals surface area contributed by atoms with Crippen LogP contribution in [0.4, 0.5) is 0 Å². The van der Waals surface area contributed by atoms with Crippen LogP contribution in [0.5, 0.6) is 0 Å². The van der Waals surface area contributed by atoms with Gasteiger partial charge >= 0.3 is 0 Å². The van der Waals surface area contributed by atoms with E-state index >= 15 is 0 Å². The lowest BCUT2D eigenvalue weighted by Gasteiger charge is -2.16. The molecule has 3 rings (SSSR count). The molecule has 3 aromatic rings. The number of fused-ring (bicyclic) bond motifs is 1. The molecule has 2 heterocycles. The van der Waals surface area contributed by atoms with Crippen LogP contribution < -0.4 is 5.56 Å². The number of thioether (sulfide) groups is 1. The Kier molecular flexibility index (Phi) is 5.44. The van der Waals surface area contributed by atoms with Crippen LogP contribution in [0.25, 0.3) is 15.9 Å². The van der Waals surface area contributed by atoms with Gasteiger partial charge in [-0.3, -0.25) is 14.2 Å². The lowest BCUT2D eigenvalue weighted by atomic mass is 10.1. The van der Waals surface area contributed by atoms with E-state index in [1.807, 2.05) is 45.9 Å². The molecule has 0 saturated carbocycles. The number of nitrogens with zero attached hydrogens (tertiary/aromatic N) is 3. The molecule has 1 amide bonds. The highest BCUT2D eigenvalue weighted by atomic mass is 32.2. The molecule has 142 valence electrons. The van der Waals surface area contributed by atoms with Gasteiger partial charge in [0.1, 0.15) is 4.83 Å². The van der Waals surface area contributed by atoms with Crippen molar-refractivity contribution in [1.29, 1.82) is 0 Å². The number of aromatic nitrogens is 2. The third kappa shape index (κ3) is 3.53. The van der Waals surface area contributed by atoms with Crippen molar-refractivity contribution < 1.29 is 4.79 Å². The monoisotopic (exact) mass is 401 g/mol. The summed E-state index contributed by atoms with van der Waals surface area (Å²) in [5.41, 5.74) is 3.87. The first kappa shape index (κ1) is 19.6. The van der Waals surface area contributed by atoms with Crippen LogP contribution in [0, 0.1) is 27.7 Å². The first-order valence-electron chi connectivity index (χ1n) is 8.64. The fourth-order valence-corrected chi connectivity index (χ4v) is 4.87. The molecule has 1 aromatic carbocycles. The van der Waals surface area contributed by atoms with Crippen molar-refractivity contribution in [3.05, 3.63) is 50.1 Å². The van der Waals surface area contributed by atoms with Crippen LogP contribution in [0.1, 0.15) is 21.6 Å². The van der Waals surface area contributed by atoms with Crippen molar-refractivity contribution in [2.75, 3.05) is 19.8 Å². The summed E-state index contributed by atoms with van der Waals surface area (Å²) in [5, 5.41) is 1.22. The summed E-state index contributed by atoms with van der Waals surface area (Å²) in [6, 6.07) is 5.90. The van der Waals surface area contributed by atoms with Crippen LogP contribution in [-0.2, 0) is 4.79 Å². The number of benzene rings is 1. The predicted octanol–water partition coefficient (Wildman–Crippen LogP) is 3.86. The van der Waals surface area contributed by atoms with Crippen LogP contribution in [0.15, 0.2) is 28.2 Å². The number of carbonyl (C=O) groups excluding carboxylic acids is 1. The van der Waals surface area contributed by atoms with Gasteiger partial charge in [0.2, 0.25) is 5.91 Å². The van der Waals surface area contributed by atoms with E-state index in [4.69, 9.17) is 4.98 Å². The summed E-state index contributed by atoms with van der Waals surface area (Å²) in [5.74, 6) is 0.222. The SMILES string of the molecule is Cc1cccc(-n2c(SCC(=O)N(C)C)nc3sc(C)c(C)c3c2=O)c1C. The Hall–Kier alpha value is -2.12. The minimum Gasteiger partial charge on any atom is -0.348 e. The third-order valence-corrected chi connectivity index (χ3v) is 6.84. The molecular weight excluding hydrogens is 378 g/mol. The maximum absolute atomic E-state index is 13.4. The van der Waals surface area contributed by atoms with Crippen molar-refractivity contribution in [3.63, 3.8) is 0 Å². The van der Waals surface area contributed by atoms with E-state index in [-0.39, 0.29) is 17.2 Å². The Bertz CT molecular complexity index is 1100. The van der Waals surface area contributed by atoms with E-state index in [0.29, 0.717) is 10.5 Å². The van der Waals surface area contributed by atoms with Gasteiger partial charge in [0, 0.05) is 19.0 Å². The van der Waals surface area contributed by atoms with E-state index in [0.717, 1.165) is 32.1 Å². The van der Waals surface area contributed by atoms with Gasteiger partial charge in [0.05, 0.1) is 16.8 Å². The Labute approximate surface area is 167 Å². The minimum absolute atomic E-state index is 0.0135. The van der Waals surface area contributed by atoms with E-state index < -0.39 is 0 Å². The van der Waals surface area contributed by atoms with E-state index in [2.05, 4.69) is 0 Å². The molecule has 0 bridgehead atoms. The molecule has 0 unspecified atom stereocenters. The highest BCUT2D eigenvalue weighted by Gasteiger charge is 2.20. The van der Waals surface area contributed by atoms with E-state index in [1.165, 1.54) is 23.1 Å². The Balaban J connectivity index is 2.27. The first-order valence-corrected chi connectivity index (χ1v) is 10.4. The Morgan fingerprint density at radius 1 is 1.19 bits per heavy atom. The van der Waals surface area contributed by atoms with Gasteiger partial charge in [-0.25, -0.2) is 4.98 Å². The van der Waals surface area contributed by atoms with Gasteiger partial charge in [-0.2, -0.15) is 0 Å². The topological polar surface area (TPSA) is 55.2 Å². The van der Waals surface area contributed by atoms with Gasteiger partial charge in [-0.05, 0) is 50.5 Å². The van der Waals surface area contributed by atoms with Crippen LogP contribution in [0.3, 0.4) is 0 Å². The van der Waals surface area contributed by atoms with Crippen molar-refractivity contribution in [1.82, 2.24) is 14.5 Å². The Morgan fingerprint density at radius 2 is 1.89 bits per heavy atom. The third-order valence-electron chi connectivity index (χ3n) is 4.81. The van der Waals surface area contributed by atoms with Crippen LogP contribution in [0.2, 0.25) is 0 Å². The second-order valence-corrected chi connectivity index (χ2v) is 8.94. The zero-order valence-corrected chi connectivity index (χ0v) is 18.0. The van der Waals surface area contributed by atoms with Gasteiger partial charge in [-0.15, -0.1) is 11.3 Å². The molecule has 0 saturated heterocycles. The average Bonchev–Trinajstić information content (AvgIpc) is 2.90. The van der Waals surface area contributed by atoms with Crippen molar-refractivity contribution in [2.24, 2.45) is 0 Å². The normalized spacial score (nSPS) is 11.2. The average molecular weight is 402 g/mol. The lowest BCUT2D eigenvalue weighted by Crippen LogP contribution is -2.26. The molecule has 0 N–H and O–H groups in total. The van der Waals surface area contributed by atoms with Crippen molar-refractivity contribution in [3.8, 4) is 5.69 Å². The maximum Gasteiger partial charge on any atom is 0.267 e. The molecule has 0 radical (unpaired) electrons. The predicted molar refractivity (Wildman–Crippen MR) is 114 cm³/mol. The second-order valence-electron chi connectivity index (χ2n) is 6.79. The zero-order chi connectivity index (χ0) is 19.9. The molecule has 0 aliphatic heterocycles. The number of hydrogen-bond acceptors (Lipinski definition) is 5. The quantitative estimate of drug-likeness (QED) is 0.492. The zero-order valence-electron chi connectivity index (χ0n) is 16.4. The maximum atomic E-state index is 13.4. The molecule has 0 spiro atoms. The van der Waals surface area contributed by atoms with Gasteiger partial charge < -0.3 is 4.90 Å². The molecule has 0 fully saturated rings. The smallest absolute Gasteiger partial charge is 0.267 e. The summed E-state index contributed by atoms with van der Waals surface area (Å²) in [6.07, 6.45) is 0. The molecule has 0 aliphatic rings. The number of thiophene rings is 1. The molecule has 27 heavy (non-hydrogen) atoms. The summed E-state index contributed by atoms with van der Waals surface area (Å²) in [4.78, 5) is 33.7. The standard InChI is InChI=1S/C20H23N3O2S2/c1-11-8-7-9-15(12(11)2)23-19(25)17-13(3)14(4)27-18(17)21-20(23)26-10-16(24)22(5)6/h7-9H,10H2,1-6H3. The van der Waals surface area contributed by atoms with Gasteiger partial charge in [-0.1, -0.05) is 23.9 Å². The lowest BCUT2D eigenvalue weighted by molar-refractivity contribution is -0.125. The van der Waals surface area contributed by atoms with E-state index in [1.54, 1.807) is 23.6 Å². The summed E-state index contributed by atoms with van der Waals surface area (Å²) >= 11 is 2.83. The van der Waals surface area contributed by atoms with Crippen LogP contribution in [-0.4, -0.2) is 40.2 Å². The molecule has 2 aromatic heterocycles. The summed E-state index contributed by atoms with van der Waals surface area (Å²) in [6.45, 7) is 8.00. The molecule has 7 heteroatoms. The van der Waals surface area contributed by atoms with E-state index in [9.17, 15) is 9.59 Å². The van der Waals surface area contributed by atoms with Gasteiger partial charge in [0.25, 0.3) is 5.56 Å². The largest absolute Gasteiger partial charge is 0.348 e. The van der Waals surface area contributed by atoms with Crippen molar-refractivity contribution in [2.45, 2.75) is 32.9 Å². The number of aryl methyl sites for hydroxylation is 3. The summed E-state index contributed by atoms with van der Waals surface area (Å²) in [7, 11) is 3.45.